The normalized spacial score (nSPS) is 44.7. The van der Waals surface area contributed by atoms with E-state index >= 15 is 0 Å². The summed E-state index contributed by atoms with van der Waals surface area (Å²) in [6.07, 6.45) is 12.7. The topological polar surface area (TPSA) is 43.4 Å². The monoisotopic (exact) mass is 416 g/mol. The minimum atomic E-state index is -0.288. The SMILES string of the molecule is CC(C)CCC[C@@H](C)[C@@H]1CC[C@@H]2[C@@H]3CC[C@H]4CC(=O)OC(=O)C[C@]4(C)[C@H]3CC[C@]21C. The van der Waals surface area contributed by atoms with Crippen molar-refractivity contribution in [3.8, 4) is 0 Å². The number of hydrogen-bond donors (Lipinski definition) is 0. The van der Waals surface area contributed by atoms with Crippen LogP contribution in [0.15, 0.2) is 0 Å². The Hall–Kier alpha value is -0.860. The van der Waals surface area contributed by atoms with Crippen LogP contribution >= 0.6 is 0 Å². The molecule has 3 nitrogen and oxygen atoms in total. The highest BCUT2D eigenvalue weighted by molar-refractivity contribution is 5.87. The van der Waals surface area contributed by atoms with Crippen molar-refractivity contribution in [3.63, 3.8) is 0 Å². The molecule has 3 aliphatic carbocycles. The molecule has 1 saturated heterocycles. The third kappa shape index (κ3) is 3.77. The van der Waals surface area contributed by atoms with Crippen LogP contribution in [-0.4, -0.2) is 11.9 Å². The van der Waals surface area contributed by atoms with Crippen LogP contribution in [0.2, 0.25) is 0 Å². The summed E-state index contributed by atoms with van der Waals surface area (Å²) < 4.78 is 5.08. The van der Waals surface area contributed by atoms with Gasteiger partial charge < -0.3 is 4.74 Å². The first kappa shape index (κ1) is 22.3. The Morgan fingerprint density at radius 3 is 2.37 bits per heavy atom. The summed E-state index contributed by atoms with van der Waals surface area (Å²) in [5.41, 5.74) is 0.428. The van der Waals surface area contributed by atoms with Crippen molar-refractivity contribution in [1.82, 2.24) is 0 Å². The molecular weight excluding hydrogens is 372 g/mol. The molecule has 0 amide bonds. The van der Waals surface area contributed by atoms with Crippen molar-refractivity contribution < 1.29 is 14.3 Å². The van der Waals surface area contributed by atoms with Crippen LogP contribution in [0.3, 0.4) is 0 Å². The van der Waals surface area contributed by atoms with Crippen molar-refractivity contribution in [2.45, 2.75) is 105 Å². The lowest BCUT2D eigenvalue weighted by atomic mass is 9.46. The van der Waals surface area contributed by atoms with Crippen LogP contribution in [0.5, 0.6) is 0 Å². The summed E-state index contributed by atoms with van der Waals surface area (Å²) in [5.74, 6) is 4.39. The Balaban J connectivity index is 1.50. The third-order valence-electron chi connectivity index (χ3n) is 10.4. The van der Waals surface area contributed by atoms with Crippen molar-refractivity contribution in [3.05, 3.63) is 0 Å². The molecular formula is C27H44O3. The van der Waals surface area contributed by atoms with Crippen molar-refractivity contribution >= 4 is 11.9 Å². The van der Waals surface area contributed by atoms with Crippen LogP contribution in [0.4, 0.5) is 0 Å². The number of fused-ring (bicyclic) bond motifs is 5. The van der Waals surface area contributed by atoms with E-state index in [1.54, 1.807) is 0 Å². The molecule has 170 valence electrons. The van der Waals surface area contributed by atoms with E-state index in [2.05, 4.69) is 34.6 Å². The minimum Gasteiger partial charge on any atom is -0.393 e. The third-order valence-corrected chi connectivity index (χ3v) is 10.4. The maximum absolute atomic E-state index is 12.4. The number of carbonyl (C=O) groups is 2. The van der Waals surface area contributed by atoms with Gasteiger partial charge in [0.1, 0.15) is 0 Å². The molecule has 0 N–H and O–H groups in total. The molecule has 0 unspecified atom stereocenters. The first-order valence-corrected chi connectivity index (χ1v) is 12.9. The van der Waals surface area contributed by atoms with Gasteiger partial charge in [-0.1, -0.05) is 53.9 Å². The lowest BCUT2D eigenvalue weighted by Gasteiger charge is -2.58. The molecule has 4 aliphatic rings. The van der Waals surface area contributed by atoms with E-state index in [0.29, 0.717) is 30.1 Å². The molecule has 0 bridgehead atoms. The van der Waals surface area contributed by atoms with Gasteiger partial charge in [-0.05, 0) is 90.8 Å². The molecule has 30 heavy (non-hydrogen) atoms. The lowest BCUT2D eigenvalue weighted by molar-refractivity contribution is -0.159. The molecule has 0 aromatic heterocycles. The van der Waals surface area contributed by atoms with Gasteiger partial charge in [0.05, 0.1) is 6.42 Å². The van der Waals surface area contributed by atoms with E-state index in [0.717, 1.165) is 36.0 Å². The molecule has 0 aromatic carbocycles. The van der Waals surface area contributed by atoms with Gasteiger partial charge in [0.25, 0.3) is 0 Å². The molecule has 4 rings (SSSR count). The predicted molar refractivity (Wildman–Crippen MR) is 120 cm³/mol. The summed E-state index contributed by atoms with van der Waals surface area (Å²) in [5, 5.41) is 0. The molecule has 3 saturated carbocycles. The Morgan fingerprint density at radius 2 is 1.63 bits per heavy atom. The summed E-state index contributed by atoms with van der Waals surface area (Å²) in [6.45, 7) is 12.1. The van der Waals surface area contributed by atoms with Crippen molar-refractivity contribution in [2.75, 3.05) is 0 Å². The molecule has 1 heterocycles. The fraction of sp³-hybridized carbons (Fsp3) is 0.926. The fourth-order valence-corrected chi connectivity index (χ4v) is 8.89. The van der Waals surface area contributed by atoms with Gasteiger partial charge in [0, 0.05) is 6.42 Å². The quantitative estimate of drug-likeness (QED) is 0.366. The van der Waals surface area contributed by atoms with Gasteiger partial charge in [-0.15, -0.1) is 0 Å². The van der Waals surface area contributed by atoms with Gasteiger partial charge in [-0.2, -0.15) is 0 Å². The molecule has 1 aliphatic heterocycles. The zero-order valence-corrected chi connectivity index (χ0v) is 20.0. The molecule has 3 heteroatoms. The molecule has 0 radical (unpaired) electrons. The lowest BCUT2D eigenvalue weighted by Crippen LogP contribution is -2.52. The fourth-order valence-electron chi connectivity index (χ4n) is 8.89. The van der Waals surface area contributed by atoms with Gasteiger partial charge in [-0.25, -0.2) is 0 Å². The minimum absolute atomic E-state index is 0.0472. The van der Waals surface area contributed by atoms with Crippen LogP contribution in [0.1, 0.15) is 105 Å². The smallest absolute Gasteiger partial charge is 0.314 e. The average molecular weight is 417 g/mol. The Kier molecular flexibility index (Phi) is 6.14. The Bertz CT molecular complexity index is 669. The van der Waals surface area contributed by atoms with Crippen molar-refractivity contribution in [2.24, 2.45) is 52.3 Å². The van der Waals surface area contributed by atoms with Crippen molar-refractivity contribution in [1.29, 1.82) is 0 Å². The first-order chi connectivity index (χ1) is 14.1. The number of carbonyl (C=O) groups excluding carboxylic acids is 2. The number of esters is 2. The van der Waals surface area contributed by atoms with Gasteiger partial charge in [0.15, 0.2) is 0 Å². The van der Waals surface area contributed by atoms with Gasteiger partial charge in [-0.3, -0.25) is 9.59 Å². The van der Waals surface area contributed by atoms with E-state index in [9.17, 15) is 9.59 Å². The zero-order chi connectivity index (χ0) is 21.7. The van der Waals surface area contributed by atoms with E-state index in [4.69, 9.17) is 4.74 Å². The maximum atomic E-state index is 12.4. The van der Waals surface area contributed by atoms with E-state index in [-0.39, 0.29) is 17.4 Å². The average Bonchev–Trinajstić information content (AvgIpc) is 2.94. The summed E-state index contributed by atoms with van der Waals surface area (Å²) in [7, 11) is 0. The number of rotatable bonds is 5. The summed E-state index contributed by atoms with van der Waals surface area (Å²) >= 11 is 0. The molecule has 8 atom stereocenters. The summed E-state index contributed by atoms with van der Waals surface area (Å²) in [4.78, 5) is 24.5. The highest BCUT2D eigenvalue weighted by Crippen LogP contribution is 2.67. The maximum Gasteiger partial charge on any atom is 0.314 e. The van der Waals surface area contributed by atoms with Crippen LogP contribution in [0, 0.1) is 52.3 Å². The van der Waals surface area contributed by atoms with E-state index in [1.807, 2.05) is 0 Å². The van der Waals surface area contributed by atoms with Crippen LogP contribution in [0.25, 0.3) is 0 Å². The number of hydrogen-bond acceptors (Lipinski definition) is 3. The van der Waals surface area contributed by atoms with Gasteiger partial charge >= 0.3 is 11.9 Å². The molecule has 0 aromatic rings. The first-order valence-electron chi connectivity index (χ1n) is 12.9. The predicted octanol–water partition coefficient (Wildman–Crippen LogP) is 6.79. The number of cyclic esters (lactones) is 2. The second kappa shape index (κ2) is 8.24. The zero-order valence-electron chi connectivity index (χ0n) is 20.0. The Labute approximate surface area is 184 Å². The standard InChI is InChI=1S/C27H44O3/c1-17(2)7-6-8-18(3)21-11-12-22-20-10-9-19-15-24(28)30-25(29)16-27(19,5)23(20)13-14-26(21,22)4/h17-23H,6-16H2,1-5H3/t18-,19+,20+,21+,22-,23+,26+,27+/m1/s1. The highest BCUT2D eigenvalue weighted by atomic mass is 16.6. The second-order valence-electron chi connectivity index (χ2n) is 12.4. The Morgan fingerprint density at radius 1 is 0.900 bits per heavy atom. The summed E-state index contributed by atoms with van der Waals surface area (Å²) in [6, 6.07) is 0. The van der Waals surface area contributed by atoms with Crippen LogP contribution in [-0.2, 0) is 14.3 Å². The van der Waals surface area contributed by atoms with Gasteiger partial charge in [0.2, 0.25) is 0 Å². The van der Waals surface area contributed by atoms with E-state index in [1.165, 1.54) is 51.4 Å². The van der Waals surface area contributed by atoms with E-state index < -0.39 is 0 Å². The molecule has 4 fully saturated rings. The number of ether oxygens (including phenoxy) is 1. The largest absolute Gasteiger partial charge is 0.393 e. The second-order valence-corrected chi connectivity index (χ2v) is 12.4. The highest BCUT2D eigenvalue weighted by Gasteiger charge is 2.61. The van der Waals surface area contributed by atoms with Crippen LogP contribution < -0.4 is 0 Å². The molecule has 0 spiro atoms.